The van der Waals surface area contributed by atoms with Gasteiger partial charge in [0.2, 0.25) is 0 Å². The van der Waals surface area contributed by atoms with Gasteiger partial charge in [-0.2, -0.15) is 0 Å². The maximum Gasteiger partial charge on any atom is 0.347 e. The predicted octanol–water partition coefficient (Wildman–Crippen LogP) is 2.90. The minimum absolute atomic E-state index is 0.314. The van der Waals surface area contributed by atoms with Crippen molar-refractivity contribution in [1.29, 1.82) is 0 Å². The van der Waals surface area contributed by atoms with E-state index in [1.165, 1.54) is 17.0 Å². The monoisotopic (exact) mass is 346 g/mol. The van der Waals surface area contributed by atoms with Crippen LogP contribution >= 0.6 is 11.3 Å². The second-order valence-corrected chi connectivity index (χ2v) is 6.91. The molecule has 1 aliphatic heterocycles. The Bertz CT molecular complexity index is 706. The fraction of sp³-hybridized carbons (Fsp3) is 0.412. The molecule has 0 bridgehead atoms. The summed E-state index contributed by atoms with van der Waals surface area (Å²) < 4.78 is 0. The van der Waals surface area contributed by atoms with E-state index in [4.69, 9.17) is 0 Å². The summed E-state index contributed by atoms with van der Waals surface area (Å²) in [6.45, 7) is 6.15. The van der Waals surface area contributed by atoms with Gasteiger partial charge in [0.25, 0.3) is 0 Å². The molecule has 3 rings (SSSR count). The summed E-state index contributed by atoms with van der Waals surface area (Å²) in [5.41, 5.74) is 2.76. The van der Waals surface area contributed by atoms with Gasteiger partial charge in [0.15, 0.2) is 5.13 Å². The van der Waals surface area contributed by atoms with Gasteiger partial charge in [-0.3, -0.25) is 0 Å². The van der Waals surface area contributed by atoms with Gasteiger partial charge in [-0.15, -0.1) is 0 Å². The number of anilines is 3. The minimum Gasteiger partial charge on any atom is -0.477 e. The van der Waals surface area contributed by atoms with Gasteiger partial charge in [0, 0.05) is 37.6 Å². The Balaban J connectivity index is 1.69. The number of aryl methyl sites for hydroxylation is 1. The summed E-state index contributed by atoms with van der Waals surface area (Å²) in [6.07, 6.45) is 0.613. The molecule has 1 fully saturated rings. The zero-order chi connectivity index (χ0) is 17.1. The van der Waals surface area contributed by atoms with E-state index < -0.39 is 5.97 Å². The van der Waals surface area contributed by atoms with Crippen LogP contribution in [0.1, 0.15) is 22.3 Å². The Morgan fingerprint density at radius 1 is 1.25 bits per heavy atom. The summed E-state index contributed by atoms with van der Waals surface area (Å²) in [5.74, 6) is -0.914. The highest BCUT2D eigenvalue weighted by Gasteiger charge is 2.16. The van der Waals surface area contributed by atoms with E-state index in [0.717, 1.165) is 31.9 Å². The van der Waals surface area contributed by atoms with E-state index in [1.807, 2.05) is 19.1 Å². The third kappa shape index (κ3) is 3.68. The first-order chi connectivity index (χ1) is 11.6. The van der Waals surface area contributed by atoms with Gasteiger partial charge in [-0.05, 0) is 37.7 Å². The van der Waals surface area contributed by atoms with Crippen LogP contribution < -0.4 is 10.2 Å². The van der Waals surface area contributed by atoms with Crippen LogP contribution in [0.3, 0.4) is 0 Å². The summed E-state index contributed by atoms with van der Waals surface area (Å²) in [6, 6.07) is 8.22. The quantitative estimate of drug-likeness (QED) is 0.868. The molecule has 0 spiro atoms. The average Bonchev–Trinajstić information content (AvgIpc) is 3.00. The third-order valence-corrected chi connectivity index (χ3v) is 5.21. The van der Waals surface area contributed by atoms with Crippen LogP contribution in [-0.2, 0) is 6.42 Å². The molecule has 1 aromatic carbocycles. The summed E-state index contributed by atoms with van der Waals surface area (Å²) in [5, 5.41) is 13.0. The van der Waals surface area contributed by atoms with Crippen molar-refractivity contribution in [2.75, 3.05) is 43.4 Å². The van der Waals surface area contributed by atoms with Gasteiger partial charge in [-0.25, -0.2) is 9.78 Å². The molecule has 2 N–H and O–H groups in total. The van der Waals surface area contributed by atoms with Crippen molar-refractivity contribution < 1.29 is 9.90 Å². The number of carboxylic acids is 1. The predicted molar refractivity (Wildman–Crippen MR) is 97.9 cm³/mol. The van der Waals surface area contributed by atoms with Crippen molar-refractivity contribution in [3.05, 3.63) is 34.8 Å². The Labute approximate surface area is 145 Å². The number of hydrogen-bond donors (Lipinski definition) is 2. The highest BCUT2D eigenvalue weighted by atomic mass is 32.1. The second kappa shape index (κ2) is 7.19. The Hall–Kier alpha value is -2.12. The molecule has 1 aliphatic rings. The molecule has 0 saturated carbocycles. The zero-order valence-corrected chi connectivity index (χ0v) is 14.8. The molecule has 2 heterocycles. The zero-order valence-electron chi connectivity index (χ0n) is 14.0. The number of likely N-dealkylation sites (N-methyl/N-ethyl adjacent to an activating group) is 1. The normalized spacial score (nSPS) is 15.5. The lowest BCUT2D eigenvalue weighted by Gasteiger charge is -2.34. The molecular formula is C17H22N4O2S. The van der Waals surface area contributed by atoms with Crippen LogP contribution in [0.15, 0.2) is 24.3 Å². The van der Waals surface area contributed by atoms with Crippen LogP contribution in [0.5, 0.6) is 0 Å². The van der Waals surface area contributed by atoms with Crippen molar-refractivity contribution in [2.45, 2.75) is 13.3 Å². The lowest BCUT2D eigenvalue weighted by atomic mass is 10.2. The van der Waals surface area contributed by atoms with E-state index in [-0.39, 0.29) is 0 Å². The Morgan fingerprint density at radius 3 is 2.46 bits per heavy atom. The van der Waals surface area contributed by atoms with Crippen LogP contribution in [0.4, 0.5) is 16.5 Å². The first-order valence-corrected chi connectivity index (χ1v) is 8.92. The van der Waals surface area contributed by atoms with E-state index in [0.29, 0.717) is 22.1 Å². The van der Waals surface area contributed by atoms with Crippen LogP contribution in [0.25, 0.3) is 0 Å². The van der Waals surface area contributed by atoms with Crippen molar-refractivity contribution in [3.8, 4) is 0 Å². The number of rotatable bonds is 5. The van der Waals surface area contributed by atoms with Crippen molar-refractivity contribution >= 4 is 33.8 Å². The maximum atomic E-state index is 11.2. The first-order valence-electron chi connectivity index (χ1n) is 8.10. The van der Waals surface area contributed by atoms with Crippen molar-refractivity contribution in [3.63, 3.8) is 0 Å². The third-order valence-electron chi connectivity index (χ3n) is 4.21. The minimum atomic E-state index is -0.914. The number of hydrogen-bond acceptors (Lipinski definition) is 6. The van der Waals surface area contributed by atoms with Crippen LogP contribution in [-0.4, -0.2) is 54.2 Å². The van der Waals surface area contributed by atoms with Gasteiger partial charge in [0.1, 0.15) is 4.88 Å². The molecule has 1 saturated heterocycles. The molecule has 0 aliphatic carbocycles. The number of carboxylic acid groups (broad SMARTS) is 1. The fourth-order valence-electron chi connectivity index (χ4n) is 2.76. The number of benzene rings is 1. The number of thiazole rings is 1. The Kier molecular flexibility index (Phi) is 5.01. The molecule has 0 amide bonds. The van der Waals surface area contributed by atoms with Crippen molar-refractivity contribution in [1.82, 2.24) is 9.88 Å². The number of nitrogens with one attached hydrogen (secondary N) is 1. The Morgan fingerprint density at radius 2 is 1.92 bits per heavy atom. The molecule has 1 aromatic heterocycles. The molecule has 6 nitrogen and oxygen atoms in total. The summed E-state index contributed by atoms with van der Waals surface area (Å²) >= 11 is 1.18. The number of carbonyl (C=O) groups is 1. The summed E-state index contributed by atoms with van der Waals surface area (Å²) in [7, 11) is 2.15. The van der Waals surface area contributed by atoms with E-state index >= 15 is 0 Å². The molecule has 24 heavy (non-hydrogen) atoms. The van der Waals surface area contributed by atoms with E-state index in [9.17, 15) is 9.90 Å². The van der Waals surface area contributed by atoms with Gasteiger partial charge in [-0.1, -0.05) is 18.3 Å². The molecule has 2 aromatic rings. The molecule has 7 heteroatoms. The molecular weight excluding hydrogens is 324 g/mol. The number of nitrogens with zero attached hydrogens (tertiary/aromatic N) is 3. The van der Waals surface area contributed by atoms with Crippen molar-refractivity contribution in [2.24, 2.45) is 0 Å². The highest BCUT2D eigenvalue weighted by Crippen LogP contribution is 2.27. The first kappa shape index (κ1) is 16.7. The number of aromatic carboxylic acids is 1. The number of aromatic nitrogens is 1. The average molecular weight is 346 g/mol. The number of piperazine rings is 1. The molecule has 128 valence electrons. The standard InChI is InChI=1S/C17H22N4O2S/c1-3-14-15(16(22)23)24-17(19-14)18-12-4-6-13(7-5-12)21-10-8-20(2)9-11-21/h4-7H,3,8-11H2,1-2H3,(H,18,19)(H,22,23). The van der Waals surface area contributed by atoms with Crippen LogP contribution in [0, 0.1) is 0 Å². The topological polar surface area (TPSA) is 68.7 Å². The van der Waals surface area contributed by atoms with Crippen LogP contribution in [0.2, 0.25) is 0 Å². The molecule has 0 unspecified atom stereocenters. The molecule has 0 radical (unpaired) electrons. The second-order valence-electron chi connectivity index (χ2n) is 5.92. The molecule has 0 atom stereocenters. The van der Waals surface area contributed by atoms with Gasteiger partial charge < -0.3 is 20.2 Å². The lowest BCUT2D eigenvalue weighted by Crippen LogP contribution is -2.44. The SMILES string of the molecule is CCc1nc(Nc2ccc(N3CCN(C)CC3)cc2)sc1C(=O)O. The smallest absolute Gasteiger partial charge is 0.347 e. The maximum absolute atomic E-state index is 11.2. The highest BCUT2D eigenvalue weighted by molar-refractivity contribution is 7.17. The van der Waals surface area contributed by atoms with Gasteiger partial charge in [0.05, 0.1) is 5.69 Å². The largest absolute Gasteiger partial charge is 0.477 e. The van der Waals surface area contributed by atoms with E-state index in [2.05, 4.69) is 39.3 Å². The fourth-order valence-corrected chi connectivity index (χ4v) is 3.67. The lowest BCUT2D eigenvalue weighted by molar-refractivity contribution is 0.0701. The van der Waals surface area contributed by atoms with E-state index in [1.54, 1.807) is 0 Å². The summed E-state index contributed by atoms with van der Waals surface area (Å²) in [4.78, 5) is 20.6. The van der Waals surface area contributed by atoms with Gasteiger partial charge >= 0.3 is 5.97 Å².